The fourth-order valence-corrected chi connectivity index (χ4v) is 2.02. The van der Waals surface area contributed by atoms with E-state index < -0.39 is 0 Å². The predicted octanol–water partition coefficient (Wildman–Crippen LogP) is 1.07. The van der Waals surface area contributed by atoms with Crippen LogP contribution in [-0.2, 0) is 16.1 Å². The number of rotatable bonds is 7. The normalized spacial score (nSPS) is 10.4. The molecule has 1 rings (SSSR count). The molecule has 0 atom stereocenters. The van der Waals surface area contributed by atoms with Gasteiger partial charge in [0.15, 0.2) is 0 Å². The highest BCUT2D eigenvalue weighted by Gasteiger charge is 2.12. The molecule has 0 aliphatic heterocycles. The monoisotopic (exact) mass is 242 g/mol. The van der Waals surface area contributed by atoms with Crippen molar-refractivity contribution in [3.63, 3.8) is 0 Å². The summed E-state index contributed by atoms with van der Waals surface area (Å²) >= 11 is 1.66. The van der Waals surface area contributed by atoms with E-state index in [2.05, 4.69) is 0 Å². The molecule has 0 spiro atoms. The van der Waals surface area contributed by atoms with E-state index >= 15 is 0 Å². The van der Waals surface area contributed by atoms with Crippen molar-refractivity contribution in [2.75, 3.05) is 26.3 Å². The van der Waals surface area contributed by atoms with Crippen molar-refractivity contribution >= 4 is 17.2 Å². The predicted molar refractivity (Wildman–Crippen MR) is 65.3 cm³/mol. The molecule has 0 saturated carbocycles. The van der Waals surface area contributed by atoms with Gasteiger partial charge in [-0.15, -0.1) is 11.3 Å². The Balaban J connectivity index is 2.38. The van der Waals surface area contributed by atoms with Crippen LogP contribution in [0.5, 0.6) is 0 Å². The summed E-state index contributed by atoms with van der Waals surface area (Å²) in [6.07, 6.45) is 0. The minimum absolute atomic E-state index is 0.0179. The molecule has 0 bridgehead atoms. The maximum atomic E-state index is 11.7. The Hall–Kier alpha value is -0.910. The minimum Gasteiger partial charge on any atom is -0.370 e. The van der Waals surface area contributed by atoms with E-state index in [1.807, 2.05) is 24.4 Å². The fourth-order valence-electron chi connectivity index (χ4n) is 1.30. The van der Waals surface area contributed by atoms with Gasteiger partial charge in [0, 0.05) is 18.0 Å². The summed E-state index contributed by atoms with van der Waals surface area (Å²) in [5, 5.41) is 2.01. The van der Waals surface area contributed by atoms with Crippen LogP contribution in [0.25, 0.3) is 0 Å². The van der Waals surface area contributed by atoms with Gasteiger partial charge in [0.2, 0.25) is 5.91 Å². The van der Waals surface area contributed by atoms with Gasteiger partial charge in [-0.05, 0) is 18.4 Å². The molecule has 0 fully saturated rings. The third-order valence-corrected chi connectivity index (χ3v) is 3.01. The molecule has 1 amide bonds. The molecular weight excluding hydrogens is 224 g/mol. The molecule has 0 unspecified atom stereocenters. The van der Waals surface area contributed by atoms with Crippen molar-refractivity contribution in [2.24, 2.45) is 5.73 Å². The number of hydrogen-bond acceptors (Lipinski definition) is 4. The lowest BCUT2D eigenvalue weighted by atomic mass is 10.4. The van der Waals surface area contributed by atoms with Crippen molar-refractivity contribution in [1.29, 1.82) is 0 Å². The van der Waals surface area contributed by atoms with E-state index in [1.165, 1.54) is 4.88 Å². The SMILES string of the molecule is CCN(Cc1cccs1)C(=O)COCCN. The van der Waals surface area contributed by atoms with Gasteiger partial charge in [-0.1, -0.05) is 6.07 Å². The van der Waals surface area contributed by atoms with Gasteiger partial charge in [0.05, 0.1) is 13.2 Å². The number of ether oxygens (including phenoxy) is 1. The van der Waals surface area contributed by atoms with Gasteiger partial charge < -0.3 is 15.4 Å². The number of thiophene rings is 1. The van der Waals surface area contributed by atoms with Crippen molar-refractivity contribution < 1.29 is 9.53 Å². The molecule has 0 saturated heterocycles. The second-order valence-corrected chi connectivity index (χ2v) is 4.36. The standard InChI is InChI=1S/C11H18N2O2S/c1-2-13(8-10-4-3-7-16-10)11(14)9-15-6-5-12/h3-4,7H,2,5-6,8-9,12H2,1H3. The van der Waals surface area contributed by atoms with Crippen molar-refractivity contribution in [3.8, 4) is 0 Å². The number of amides is 1. The summed E-state index contributed by atoms with van der Waals surface area (Å²) < 4.78 is 5.13. The van der Waals surface area contributed by atoms with E-state index in [9.17, 15) is 4.79 Å². The zero-order chi connectivity index (χ0) is 11.8. The van der Waals surface area contributed by atoms with Crippen molar-refractivity contribution in [3.05, 3.63) is 22.4 Å². The van der Waals surface area contributed by atoms with E-state index in [-0.39, 0.29) is 12.5 Å². The smallest absolute Gasteiger partial charge is 0.248 e. The van der Waals surface area contributed by atoms with Gasteiger partial charge in [0.1, 0.15) is 6.61 Å². The van der Waals surface area contributed by atoms with Crippen LogP contribution < -0.4 is 5.73 Å². The van der Waals surface area contributed by atoms with Crippen LogP contribution in [0.2, 0.25) is 0 Å². The van der Waals surface area contributed by atoms with Crippen molar-refractivity contribution in [2.45, 2.75) is 13.5 Å². The first-order chi connectivity index (χ1) is 7.77. The Morgan fingerprint density at radius 1 is 1.62 bits per heavy atom. The molecule has 1 aromatic rings. The van der Waals surface area contributed by atoms with Crippen LogP contribution in [0.4, 0.5) is 0 Å². The van der Waals surface area contributed by atoms with Crippen LogP contribution in [-0.4, -0.2) is 37.1 Å². The van der Waals surface area contributed by atoms with Crippen molar-refractivity contribution in [1.82, 2.24) is 4.90 Å². The third-order valence-electron chi connectivity index (χ3n) is 2.15. The Kier molecular flexibility index (Phi) is 6.07. The van der Waals surface area contributed by atoms with Crippen LogP contribution in [0.1, 0.15) is 11.8 Å². The summed E-state index contributed by atoms with van der Waals surface area (Å²) in [4.78, 5) is 14.7. The first kappa shape index (κ1) is 13.2. The molecule has 1 aromatic heterocycles. The summed E-state index contributed by atoms with van der Waals surface area (Å²) in [5.41, 5.74) is 5.28. The molecular formula is C11H18N2O2S. The second-order valence-electron chi connectivity index (χ2n) is 3.33. The van der Waals surface area contributed by atoms with E-state index in [4.69, 9.17) is 10.5 Å². The Morgan fingerprint density at radius 2 is 2.44 bits per heavy atom. The molecule has 2 N–H and O–H groups in total. The van der Waals surface area contributed by atoms with Gasteiger partial charge >= 0.3 is 0 Å². The molecule has 0 aliphatic rings. The number of hydrogen-bond donors (Lipinski definition) is 1. The highest BCUT2D eigenvalue weighted by atomic mass is 32.1. The first-order valence-electron chi connectivity index (χ1n) is 5.36. The molecule has 4 nitrogen and oxygen atoms in total. The summed E-state index contributed by atoms with van der Waals surface area (Å²) in [7, 11) is 0. The van der Waals surface area contributed by atoms with Crippen LogP contribution in [0.3, 0.4) is 0 Å². The number of likely N-dealkylation sites (N-methyl/N-ethyl adjacent to an activating group) is 1. The molecule has 0 radical (unpaired) electrons. The minimum atomic E-state index is 0.0179. The third kappa shape index (κ3) is 4.30. The zero-order valence-electron chi connectivity index (χ0n) is 9.52. The lowest BCUT2D eigenvalue weighted by Crippen LogP contribution is -2.33. The molecule has 0 aliphatic carbocycles. The van der Waals surface area contributed by atoms with E-state index in [0.717, 1.165) is 0 Å². The Bertz CT molecular complexity index is 301. The lowest BCUT2D eigenvalue weighted by Gasteiger charge is -2.19. The van der Waals surface area contributed by atoms with Gasteiger partial charge in [-0.2, -0.15) is 0 Å². The number of carbonyl (C=O) groups excluding carboxylic acids is 1. The topological polar surface area (TPSA) is 55.6 Å². The molecule has 1 heterocycles. The first-order valence-corrected chi connectivity index (χ1v) is 6.23. The quantitative estimate of drug-likeness (QED) is 0.728. The van der Waals surface area contributed by atoms with Gasteiger partial charge in [-0.25, -0.2) is 0 Å². The molecule has 0 aromatic carbocycles. The maximum Gasteiger partial charge on any atom is 0.248 e. The lowest BCUT2D eigenvalue weighted by molar-refractivity contribution is -0.136. The fraction of sp³-hybridized carbons (Fsp3) is 0.545. The highest BCUT2D eigenvalue weighted by molar-refractivity contribution is 7.09. The number of nitrogens with two attached hydrogens (primary N) is 1. The Labute approximate surface area is 100 Å². The number of nitrogens with zero attached hydrogens (tertiary/aromatic N) is 1. The zero-order valence-corrected chi connectivity index (χ0v) is 10.3. The summed E-state index contributed by atoms with van der Waals surface area (Å²) in [6, 6.07) is 4.02. The molecule has 5 heteroatoms. The van der Waals surface area contributed by atoms with E-state index in [0.29, 0.717) is 26.2 Å². The molecule has 90 valence electrons. The highest BCUT2D eigenvalue weighted by Crippen LogP contribution is 2.11. The van der Waals surface area contributed by atoms with Crippen LogP contribution in [0, 0.1) is 0 Å². The summed E-state index contributed by atoms with van der Waals surface area (Å²) in [5.74, 6) is 0.0179. The molecule has 16 heavy (non-hydrogen) atoms. The largest absolute Gasteiger partial charge is 0.370 e. The van der Waals surface area contributed by atoms with Gasteiger partial charge in [-0.3, -0.25) is 4.79 Å². The second kappa shape index (κ2) is 7.38. The van der Waals surface area contributed by atoms with Gasteiger partial charge in [0.25, 0.3) is 0 Å². The van der Waals surface area contributed by atoms with Crippen LogP contribution in [0.15, 0.2) is 17.5 Å². The number of carbonyl (C=O) groups is 1. The Morgan fingerprint density at radius 3 is 3.00 bits per heavy atom. The van der Waals surface area contributed by atoms with Crippen LogP contribution >= 0.6 is 11.3 Å². The van der Waals surface area contributed by atoms with E-state index in [1.54, 1.807) is 16.2 Å². The average molecular weight is 242 g/mol. The summed E-state index contributed by atoms with van der Waals surface area (Å²) in [6.45, 7) is 4.33. The maximum absolute atomic E-state index is 11.7. The average Bonchev–Trinajstić information content (AvgIpc) is 2.78.